The number of likely N-dealkylation sites (tertiary alicyclic amines) is 1. The summed E-state index contributed by atoms with van der Waals surface area (Å²) in [5.41, 5.74) is 7.50. The number of primary amides is 1. The molecular weight excluding hydrogens is 505 g/mol. The van der Waals surface area contributed by atoms with E-state index < -0.39 is 29.9 Å². The fourth-order valence-electron chi connectivity index (χ4n) is 4.26. The first kappa shape index (κ1) is 24.2. The first-order chi connectivity index (χ1) is 17.8. The van der Waals surface area contributed by atoms with Crippen molar-refractivity contribution in [2.24, 2.45) is 5.73 Å². The number of carbonyl (C=O) groups excluding carboxylic acids is 3. The second kappa shape index (κ2) is 9.85. The third kappa shape index (κ3) is 4.93. The molecule has 3 amide bonds. The number of halogens is 2. The molecule has 5 rings (SSSR count). The molecule has 3 N–H and O–H groups in total. The summed E-state index contributed by atoms with van der Waals surface area (Å²) in [4.78, 5) is 47.1. The minimum atomic E-state index is -1.39. The minimum Gasteiger partial charge on any atom is -0.364 e. The SMILES string of the molecule is NC(=O)c1nn(CC(=O)N2C[C@H](F)C[C@H]2C(=O)Nc2cncc(Cl)n2)c2ccc(-c3ccnnc3)cc12. The van der Waals surface area contributed by atoms with Crippen molar-refractivity contribution in [1.82, 2.24) is 34.8 Å². The van der Waals surface area contributed by atoms with Gasteiger partial charge in [0, 0.05) is 17.4 Å². The van der Waals surface area contributed by atoms with Gasteiger partial charge in [-0.1, -0.05) is 17.7 Å². The molecule has 188 valence electrons. The Labute approximate surface area is 213 Å². The number of carbonyl (C=O) groups is 3. The van der Waals surface area contributed by atoms with Crippen LogP contribution >= 0.6 is 11.6 Å². The molecule has 1 saturated heterocycles. The van der Waals surface area contributed by atoms with Crippen molar-refractivity contribution >= 4 is 46.0 Å². The zero-order valence-corrected chi connectivity index (χ0v) is 19.8. The number of nitrogens with one attached hydrogen (secondary N) is 1. The van der Waals surface area contributed by atoms with Crippen LogP contribution in [0.5, 0.6) is 0 Å². The van der Waals surface area contributed by atoms with Crippen LogP contribution in [0.2, 0.25) is 5.15 Å². The average Bonchev–Trinajstić information content (AvgIpc) is 3.45. The summed E-state index contributed by atoms with van der Waals surface area (Å²) < 4.78 is 15.7. The number of hydrogen-bond acceptors (Lipinski definition) is 8. The molecule has 37 heavy (non-hydrogen) atoms. The molecule has 4 aromatic rings. The fraction of sp³-hybridized carbons (Fsp3) is 0.217. The number of nitrogens with two attached hydrogens (primary N) is 1. The van der Waals surface area contributed by atoms with Gasteiger partial charge in [-0.25, -0.2) is 9.37 Å². The Hall–Kier alpha value is -4.52. The van der Waals surface area contributed by atoms with E-state index in [0.29, 0.717) is 10.9 Å². The molecule has 1 fully saturated rings. The predicted molar refractivity (Wildman–Crippen MR) is 130 cm³/mol. The summed E-state index contributed by atoms with van der Waals surface area (Å²) in [5.74, 6) is -1.87. The van der Waals surface area contributed by atoms with E-state index in [1.54, 1.807) is 30.5 Å². The van der Waals surface area contributed by atoms with E-state index in [1.165, 1.54) is 23.3 Å². The zero-order valence-electron chi connectivity index (χ0n) is 19.1. The van der Waals surface area contributed by atoms with E-state index in [2.05, 4.69) is 30.6 Å². The minimum absolute atomic E-state index is 0.0229. The highest BCUT2D eigenvalue weighted by Gasteiger charge is 2.40. The molecule has 0 bridgehead atoms. The van der Waals surface area contributed by atoms with Crippen molar-refractivity contribution < 1.29 is 18.8 Å². The van der Waals surface area contributed by atoms with Gasteiger partial charge in [-0.05, 0) is 23.8 Å². The molecule has 1 aliphatic heterocycles. The molecule has 0 radical (unpaired) electrons. The van der Waals surface area contributed by atoms with Gasteiger partial charge in [-0.15, -0.1) is 0 Å². The largest absolute Gasteiger partial charge is 0.364 e. The van der Waals surface area contributed by atoms with Crippen molar-refractivity contribution in [3.05, 3.63) is 59.9 Å². The molecular formula is C23H19ClFN9O3. The van der Waals surface area contributed by atoms with E-state index in [1.807, 2.05) is 0 Å². The highest BCUT2D eigenvalue weighted by molar-refractivity contribution is 6.29. The number of nitrogens with zero attached hydrogens (tertiary/aromatic N) is 7. The van der Waals surface area contributed by atoms with Crippen LogP contribution in [0.4, 0.5) is 10.2 Å². The lowest BCUT2D eigenvalue weighted by Gasteiger charge is -2.23. The van der Waals surface area contributed by atoms with Crippen molar-refractivity contribution in [3.8, 4) is 11.1 Å². The van der Waals surface area contributed by atoms with Crippen molar-refractivity contribution in [2.45, 2.75) is 25.2 Å². The van der Waals surface area contributed by atoms with E-state index >= 15 is 0 Å². The van der Waals surface area contributed by atoms with Crippen LogP contribution in [0.25, 0.3) is 22.0 Å². The molecule has 4 heterocycles. The topological polar surface area (TPSA) is 162 Å². The number of aromatic nitrogens is 6. The van der Waals surface area contributed by atoms with E-state index in [0.717, 1.165) is 16.0 Å². The quantitative estimate of drug-likeness (QED) is 0.385. The van der Waals surface area contributed by atoms with Gasteiger partial charge in [-0.3, -0.25) is 24.0 Å². The van der Waals surface area contributed by atoms with Gasteiger partial charge in [0.2, 0.25) is 11.8 Å². The average molecular weight is 524 g/mol. The van der Waals surface area contributed by atoms with E-state index in [-0.39, 0.29) is 36.2 Å². The van der Waals surface area contributed by atoms with Crippen molar-refractivity contribution in [3.63, 3.8) is 0 Å². The number of amides is 3. The van der Waals surface area contributed by atoms with Gasteiger partial charge >= 0.3 is 0 Å². The first-order valence-electron chi connectivity index (χ1n) is 11.1. The maximum absolute atomic E-state index is 14.3. The van der Waals surface area contributed by atoms with Crippen LogP contribution in [0.3, 0.4) is 0 Å². The Morgan fingerprint density at radius 2 is 1.97 bits per heavy atom. The van der Waals surface area contributed by atoms with Crippen LogP contribution in [-0.2, 0) is 16.1 Å². The molecule has 12 nitrogen and oxygen atoms in total. The van der Waals surface area contributed by atoms with Gasteiger partial charge in [-0.2, -0.15) is 15.3 Å². The number of hydrogen-bond donors (Lipinski definition) is 2. The highest BCUT2D eigenvalue weighted by atomic mass is 35.5. The van der Waals surface area contributed by atoms with E-state index in [4.69, 9.17) is 17.3 Å². The molecule has 2 atom stereocenters. The first-order valence-corrected chi connectivity index (χ1v) is 11.5. The summed E-state index contributed by atoms with van der Waals surface area (Å²) in [6.07, 6.45) is 4.12. The number of anilines is 1. The van der Waals surface area contributed by atoms with Crippen LogP contribution in [-0.4, -0.2) is 71.3 Å². The summed E-state index contributed by atoms with van der Waals surface area (Å²) in [7, 11) is 0. The smallest absolute Gasteiger partial charge is 0.269 e. The van der Waals surface area contributed by atoms with Crippen LogP contribution in [0.15, 0.2) is 49.1 Å². The molecule has 0 aliphatic carbocycles. The molecule has 0 saturated carbocycles. The maximum Gasteiger partial charge on any atom is 0.269 e. The van der Waals surface area contributed by atoms with Gasteiger partial charge in [0.1, 0.15) is 23.9 Å². The number of alkyl halides is 1. The van der Waals surface area contributed by atoms with Crippen molar-refractivity contribution in [1.29, 1.82) is 0 Å². The number of rotatable bonds is 6. The molecule has 0 unspecified atom stereocenters. The summed E-state index contributed by atoms with van der Waals surface area (Å²) in [5, 5.41) is 14.9. The summed E-state index contributed by atoms with van der Waals surface area (Å²) >= 11 is 5.80. The lowest BCUT2D eigenvalue weighted by molar-refractivity contribution is -0.137. The van der Waals surface area contributed by atoms with Gasteiger partial charge < -0.3 is 16.0 Å². The zero-order chi connectivity index (χ0) is 26.1. The lowest BCUT2D eigenvalue weighted by atomic mass is 10.0. The number of fused-ring (bicyclic) bond motifs is 1. The van der Waals surface area contributed by atoms with E-state index in [9.17, 15) is 18.8 Å². The van der Waals surface area contributed by atoms with Crippen LogP contribution < -0.4 is 11.1 Å². The maximum atomic E-state index is 14.3. The van der Waals surface area contributed by atoms with Crippen LogP contribution in [0, 0.1) is 0 Å². The molecule has 0 spiro atoms. The Morgan fingerprint density at radius 1 is 1.14 bits per heavy atom. The third-order valence-corrected chi connectivity index (χ3v) is 6.10. The van der Waals surface area contributed by atoms with Gasteiger partial charge in [0.05, 0.1) is 36.8 Å². The van der Waals surface area contributed by atoms with Crippen molar-refractivity contribution in [2.75, 3.05) is 11.9 Å². The second-order valence-electron chi connectivity index (χ2n) is 8.34. The second-order valence-corrected chi connectivity index (χ2v) is 8.73. The number of benzene rings is 1. The molecule has 1 aliphatic rings. The van der Waals surface area contributed by atoms with Crippen LogP contribution in [0.1, 0.15) is 16.9 Å². The van der Waals surface area contributed by atoms with Gasteiger partial charge in [0.15, 0.2) is 11.5 Å². The standard InChI is InChI=1S/C23H19ClFN9O3/c24-18-8-27-9-19(30-18)31-23(37)17-6-14(25)10-33(17)20(35)11-34-16-2-1-12(13-3-4-28-29-7-13)5-15(16)21(32-34)22(26)36/h1-5,7-9,14,17H,6,10-11H2,(H2,26,36)(H,30,31,37)/t14-,17+/m1/s1. The Morgan fingerprint density at radius 3 is 2.70 bits per heavy atom. The molecule has 1 aromatic carbocycles. The normalized spacial score (nSPS) is 17.2. The van der Waals surface area contributed by atoms with Gasteiger partial charge in [0.25, 0.3) is 5.91 Å². The third-order valence-electron chi connectivity index (χ3n) is 5.92. The predicted octanol–water partition coefficient (Wildman–Crippen LogP) is 1.61. The Bertz CT molecular complexity index is 1510. The summed E-state index contributed by atoms with van der Waals surface area (Å²) in [6, 6.07) is 5.87. The molecule has 14 heteroatoms. The Balaban J connectivity index is 1.41. The fourth-order valence-corrected chi connectivity index (χ4v) is 4.41. The Kier molecular flexibility index (Phi) is 6.44. The monoisotopic (exact) mass is 523 g/mol. The summed E-state index contributed by atoms with van der Waals surface area (Å²) in [6.45, 7) is -0.605. The lowest BCUT2D eigenvalue weighted by Crippen LogP contribution is -2.44. The molecule has 3 aromatic heterocycles. The highest BCUT2D eigenvalue weighted by Crippen LogP contribution is 2.27.